The van der Waals surface area contributed by atoms with Crippen molar-refractivity contribution in [2.75, 3.05) is 0 Å². The first-order chi connectivity index (χ1) is 4.04. The summed E-state index contributed by atoms with van der Waals surface area (Å²) in [6.45, 7) is 10.9. The molecule has 0 rings (SSSR count). The van der Waals surface area contributed by atoms with E-state index in [-0.39, 0.29) is 65.4 Å². The molecule has 0 fully saturated rings. The van der Waals surface area contributed by atoms with Crippen LogP contribution in [0.1, 0.15) is 34.6 Å². The Labute approximate surface area is 122 Å². The zero-order chi connectivity index (χ0) is 7.44. The normalized spacial score (nSPS) is 10.2. The van der Waals surface area contributed by atoms with Gasteiger partial charge in [0, 0.05) is 65.4 Å². The third-order valence-electron chi connectivity index (χ3n) is 1.43. The fourth-order valence-corrected chi connectivity index (χ4v) is 0.622. The van der Waals surface area contributed by atoms with Gasteiger partial charge < -0.3 is 0 Å². The van der Waals surface area contributed by atoms with Crippen LogP contribution in [-0.4, -0.2) is 0 Å². The zero-order valence-electron chi connectivity index (χ0n) is 8.31. The molecule has 0 aromatic carbocycles. The van der Waals surface area contributed by atoms with Crippen LogP contribution in [0.15, 0.2) is 11.6 Å². The minimum atomic E-state index is 0. The van der Waals surface area contributed by atoms with E-state index >= 15 is 0 Å². The van der Waals surface area contributed by atoms with Gasteiger partial charge in [0.15, 0.2) is 0 Å². The van der Waals surface area contributed by atoms with Crippen molar-refractivity contribution in [2.24, 2.45) is 5.92 Å². The summed E-state index contributed by atoms with van der Waals surface area (Å²) in [5.74, 6) is 2.08. The van der Waals surface area contributed by atoms with Gasteiger partial charge in [0.2, 0.25) is 0 Å². The van der Waals surface area contributed by atoms with Gasteiger partial charge in [-0.15, -0.1) is 20.8 Å². The van der Waals surface area contributed by atoms with Crippen molar-refractivity contribution in [3.63, 3.8) is 0 Å². The number of hydrogen-bond donors (Lipinski definition) is 0. The van der Waals surface area contributed by atoms with Crippen molar-refractivity contribution >= 4 is 0 Å². The van der Waals surface area contributed by atoms with E-state index in [0.717, 1.165) is 0 Å². The minimum Gasteiger partial charge on any atom is -0.226 e. The van der Waals surface area contributed by atoms with E-state index in [1.54, 1.807) is 0 Å². The van der Waals surface area contributed by atoms with E-state index in [9.17, 15) is 0 Å². The maximum absolute atomic E-state index is 2.24. The average Bonchev–Trinajstić information content (AvgIpc) is 1.63. The quantitative estimate of drug-likeness (QED) is 0.687. The van der Waals surface area contributed by atoms with Crippen molar-refractivity contribution < 1.29 is 65.4 Å². The molecule has 2 radical (unpaired) electrons. The SMILES string of the molecule is C/C(=C\[C-](C)C)C(C)C.[Y].[Y]. The van der Waals surface area contributed by atoms with Gasteiger partial charge in [0.25, 0.3) is 0 Å². The summed E-state index contributed by atoms with van der Waals surface area (Å²) in [6.07, 6.45) is 2.24. The largest absolute Gasteiger partial charge is 0.226 e. The number of rotatable bonds is 2. The second-order valence-corrected chi connectivity index (χ2v) is 3.12. The van der Waals surface area contributed by atoms with Gasteiger partial charge in [-0.2, -0.15) is 0 Å². The standard InChI is InChI=1S/C9H17.2Y/c1-7(2)6-9(5)8(3)4;;/h6,8H,1-5H3;;/q-1;;/b9-6+;;. The molecule has 0 amide bonds. The van der Waals surface area contributed by atoms with Crippen molar-refractivity contribution in [1.82, 2.24) is 0 Å². The molecule has 0 heterocycles. The van der Waals surface area contributed by atoms with Crippen LogP contribution < -0.4 is 0 Å². The van der Waals surface area contributed by atoms with E-state index in [2.05, 4.69) is 40.7 Å². The molecule has 0 aliphatic carbocycles. The molecule has 0 nitrogen and oxygen atoms in total. The molecule has 0 bridgehead atoms. The summed E-state index contributed by atoms with van der Waals surface area (Å²) in [7, 11) is 0. The molecule has 0 aliphatic heterocycles. The Balaban J connectivity index is -0.000000320. The van der Waals surface area contributed by atoms with Crippen molar-refractivity contribution in [3.8, 4) is 0 Å². The number of hydrogen-bond acceptors (Lipinski definition) is 0. The van der Waals surface area contributed by atoms with Crippen LogP contribution >= 0.6 is 0 Å². The molecule has 0 N–H and O–H groups in total. The van der Waals surface area contributed by atoms with Crippen LogP contribution in [0.4, 0.5) is 0 Å². The van der Waals surface area contributed by atoms with Crippen LogP contribution in [0.25, 0.3) is 0 Å². The molecule has 0 aliphatic rings. The molecule has 0 atom stereocenters. The maximum Gasteiger partial charge on any atom is 0 e. The maximum atomic E-state index is 2.24. The predicted octanol–water partition coefficient (Wildman–Crippen LogP) is 3.20. The van der Waals surface area contributed by atoms with Gasteiger partial charge in [-0.25, -0.2) is 17.6 Å². The molecule has 0 saturated heterocycles. The van der Waals surface area contributed by atoms with Gasteiger partial charge in [-0.3, -0.25) is 0 Å². The van der Waals surface area contributed by atoms with Crippen LogP contribution in [0.5, 0.6) is 0 Å². The third kappa shape index (κ3) is 11.8. The molecule has 0 aromatic heterocycles. The van der Waals surface area contributed by atoms with Gasteiger partial charge in [0.05, 0.1) is 0 Å². The Bertz CT molecular complexity index is 104. The summed E-state index contributed by atoms with van der Waals surface area (Å²) >= 11 is 0. The van der Waals surface area contributed by atoms with Crippen LogP contribution in [0.2, 0.25) is 0 Å². The van der Waals surface area contributed by atoms with Gasteiger partial charge in [-0.1, -0.05) is 19.8 Å². The van der Waals surface area contributed by atoms with E-state index in [1.165, 1.54) is 11.5 Å². The fourth-order valence-electron chi connectivity index (χ4n) is 0.622. The van der Waals surface area contributed by atoms with Crippen LogP contribution in [-0.2, 0) is 65.4 Å². The molecule has 0 saturated carbocycles. The zero-order valence-corrected chi connectivity index (χ0v) is 14.0. The molecule has 0 unspecified atom stereocenters. The Hall–Kier alpha value is 1.82. The first-order valence-electron chi connectivity index (χ1n) is 3.52. The van der Waals surface area contributed by atoms with Crippen LogP contribution in [0, 0.1) is 11.8 Å². The third-order valence-corrected chi connectivity index (χ3v) is 1.43. The molecule has 60 valence electrons. The van der Waals surface area contributed by atoms with E-state index < -0.39 is 0 Å². The summed E-state index contributed by atoms with van der Waals surface area (Å²) in [4.78, 5) is 0. The Morgan fingerprint density at radius 1 is 1.18 bits per heavy atom. The van der Waals surface area contributed by atoms with Crippen molar-refractivity contribution in [2.45, 2.75) is 34.6 Å². The molecular weight excluding hydrogens is 286 g/mol. The monoisotopic (exact) mass is 303 g/mol. The van der Waals surface area contributed by atoms with Gasteiger partial charge >= 0.3 is 0 Å². The second kappa shape index (κ2) is 9.90. The van der Waals surface area contributed by atoms with Gasteiger partial charge in [-0.05, 0) is 0 Å². The second-order valence-electron chi connectivity index (χ2n) is 3.12. The predicted molar refractivity (Wildman–Crippen MR) is 43.2 cm³/mol. The average molecular weight is 303 g/mol. The van der Waals surface area contributed by atoms with Crippen molar-refractivity contribution in [3.05, 3.63) is 17.6 Å². The summed E-state index contributed by atoms with van der Waals surface area (Å²) in [5, 5.41) is 0. The minimum absolute atomic E-state index is 0. The Morgan fingerprint density at radius 2 is 1.55 bits per heavy atom. The first-order valence-corrected chi connectivity index (χ1v) is 3.52. The van der Waals surface area contributed by atoms with E-state index in [4.69, 9.17) is 0 Å². The van der Waals surface area contributed by atoms with Gasteiger partial charge in [0.1, 0.15) is 0 Å². The summed E-state index contributed by atoms with van der Waals surface area (Å²) in [6, 6.07) is 0. The molecule has 11 heavy (non-hydrogen) atoms. The first kappa shape index (κ1) is 18.6. The Kier molecular flexibility index (Phi) is 16.7. The molecule has 0 spiro atoms. The number of allylic oxidation sites excluding steroid dienone is 2. The van der Waals surface area contributed by atoms with E-state index in [1.807, 2.05) is 0 Å². The Morgan fingerprint density at radius 3 is 1.64 bits per heavy atom. The van der Waals surface area contributed by atoms with E-state index in [0.29, 0.717) is 5.92 Å². The summed E-state index contributed by atoms with van der Waals surface area (Å²) < 4.78 is 0. The smallest absolute Gasteiger partial charge is 0 e. The molecule has 0 aromatic rings. The van der Waals surface area contributed by atoms with Crippen molar-refractivity contribution in [1.29, 1.82) is 0 Å². The topological polar surface area (TPSA) is 0 Å². The van der Waals surface area contributed by atoms with Crippen LogP contribution in [0.3, 0.4) is 0 Å². The molecule has 2 heteroatoms. The fraction of sp³-hybridized carbons (Fsp3) is 0.667. The molecular formula is C9H17Y2-. The summed E-state index contributed by atoms with van der Waals surface area (Å²) in [5.41, 5.74) is 1.47.